The maximum absolute atomic E-state index is 5.90. The van der Waals surface area contributed by atoms with Gasteiger partial charge in [0, 0.05) is 15.8 Å². The number of thiazole rings is 1. The molecule has 0 saturated heterocycles. The van der Waals surface area contributed by atoms with E-state index in [4.69, 9.17) is 21.8 Å². The van der Waals surface area contributed by atoms with Gasteiger partial charge in [-0.05, 0) is 24.3 Å². The van der Waals surface area contributed by atoms with Crippen molar-refractivity contribution in [1.29, 1.82) is 0 Å². The fourth-order valence-electron chi connectivity index (χ4n) is 1.54. The van der Waals surface area contributed by atoms with Gasteiger partial charge < -0.3 is 10.2 Å². The average Bonchev–Trinajstić information content (AvgIpc) is 2.83. The monoisotopic (exact) mass is 330 g/mol. The lowest BCUT2D eigenvalue weighted by molar-refractivity contribution is 0.629. The molecule has 0 fully saturated rings. The van der Waals surface area contributed by atoms with Gasteiger partial charge in [0.25, 0.3) is 0 Å². The Balaban J connectivity index is 0.00000108. The van der Waals surface area contributed by atoms with E-state index in [2.05, 4.69) is 4.98 Å². The number of anilines is 1. The van der Waals surface area contributed by atoms with E-state index < -0.39 is 0 Å². The van der Waals surface area contributed by atoms with Gasteiger partial charge in [0.1, 0.15) is 11.3 Å². The largest absolute Gasteiger partial charge is 0.454 e. The second kappa shape index (κ2) is 4.68. The van der Waals surface area contributed by atoms with Crippen LogP contribution in [-0.2, 0) is 0 Å². The van der Waals surface area contributed by atoms with Crippen molar-refractivity contribution in [2.45, 2.75) is 0 Å². The molecule has 0 aliphatic heterocycles. The Bertz CT molecular complexity index is 664. The molecule has 0 radical (unpaired) electrons. The zero-order valence-electron chi connectivity index (χ0n) is 8.51. The highest BCUT2D eigenvalue weighted by Gasteiger charge is 2.09. The summed E-state index contributed by atoms with van der Waals surface area (Å²) in [6.07, 6.45) is 0. The Morgan fingerprint density at radius 3 is 2.82 bits per heavy atom. The molecule has 0 unspecified atom stereocenters. The Morgan fingerprint density at radius 2 is 2.12 bits per heavy atom. The Hall–Kier alpha value is -1.04. The highest BCUT2D eigenvalue weighted by molar-refractivity contribution is 8.93. The van der Waals surface area contributed by atoms with Gasteiger partial charge >= 0.3 is 0 Å². The first-order chi connectivity index (χ1) is 7.72. The highest BCUT2D eigenvalue weighted by Crippen LogP contribution is 2.30. The molecule has 6 heteroatoms. The number of nitrogen functional groups attached to an aromatic ring is 1. The third kappa shape index (κ3) is 2.31. The third-order valence-corrected chi connectivity index (χ3v) is 3.16. The minimum absolute atomic E-state index is 0. The third-order valence-electron chi connectivity index (χ3n) is 2.25. The molecule has 2 N–H and O–H groups in total. The molecule has 17 heavy (non-hydrogen) atoms. The van der Waals surface area contributed by atoms with E-state index in [1.54, 1.807) is 6.07 Å². The predicted octanol–water partition coefficient (Wildman–Crippen LogP) is 4.37. The molecule has 3 nitrogen and oxygen atoms in total. The van der Waals surface area contributed by atoms with Gasteiger partial charge in [-0.15, -0.1) is 28.3 Å². The van der Waals surface area contributed by atoms with E-state index in [-0.39, 0.29) is 17.0 Å². The van der Waals surface area contributed by atoms with Gasteiger partial charge in [0.2, 0.25) is 0 Å². The lowest BCUT2D eigenvalue weighted by Gasteiger charge is -1.88. The minimum Gasteiger partial charge on any atom is -0.454 e. The standard InChI is InChI=1S/C11H7ClN2OS.BrH/c12-7-1-2-9-6(3-7)4-10(15-9)8-5-16-11(13)14-8;/h1-5H,(H2,13,14);1H. The topological polar surface area (TPSA) is 52.0 Å². The maximum atomic E-state index is 5.90. The summed E-state index contributed by atoms with van der Waals surface area (Å²) in [5.41, 5.74) is 7.14. The minimum atomic E-state index is 0. The molecular formula is C11H8BrClN2OS. The second-order valence-corrected chi connectivity index (χ2v) is 4.69. The van der Waals surface area contributed by atoms with Crippen LogP contribution >= 0.6 is 39.9 Å². The molecule has 3 aromatic rings. The molecule has 0 bridgehead atoms. The zero-order chi connectivity index (χ0) is 11.1. The van der Waals surface area contributed by atoms with E-state index >= 15 is 0 Å². The molecule has 0 atom stereocenters. The number of fused-ring (bicyclic) bond motifs is 1. The van der Waals surface area contributed by atoms with Crippen LogP contribution in [0.4, 0.5) is 5.13 Å². The van der Waals surface area contributed by atoms with Crippen LogP contribution in [0.1, 0.15) is 0 Å². The van der Waals surface area contributed by atoms with E-state index in [9.17, 15) is 0 Å². The van der Waals surface area contributed by atoms with Crippen molar-refractivity contribution in [2.75, 3.05) is 5.73 Å². The summed E-state index contributed by atoms with van der Waals surface area (Å²) < 4.78 is 5.65. The van der Waals surface area contributed by atoms with Crippen molar-refractivity contribution in [3.05, 3.63) is 34.7 Å². The number of hydrogen-bond acceptors (Lipinski definition) is 4. The summed E-state index contributed by atoms with van der Waals surface area (Å²) in [6, 6.07) is 7.42. The molecule has 2 aromatic heterocycles. The number of furan rings is 1. The summed E-state index contributed by atoms with van der Waals surface area (Å²) in [5, 5.41) is 4.06. The van der Waals surface area contributed by atoms with Crippen LogP contribution in [0, 0.1) is 0 Å². The number of halogens is 2. The van der Waals surface area contributed by atoms with Crippen LogP contribution in [0.2, 0.25) is 5.02 Å². The van der Waals surface area contributed by atoms with Crippen LogP contribution in [-0.4, -0.2) is 4.98 Å². The first kappa shape index (κ1) is 12.4. The fourth-order valence-corrected chi connectivity index (χ4v) is 2.27. The number of nitrogens with zero attached hydrogens (tertiary/aromatic N) is 1. The number of aromatic nitrogens is 1. The molecule has 88 valence electrons. The van der Waals surface area contributed by atoms with Crippen LogP contribution < -0.4 is 5.73 Å². The van der Waals surface area contributed by atoms with Crippen molar-refractivity contribution in [1.82, 2.24) is 4.98 Å². The van der Waals surface area contributed by atoms with Crippen LogP contribution in [0.25, 0.3) is 22.4 Å². The van der Waals surface area contributed by atoms with E-state index in [1.165, 1.54) is 11.3 Å². The Kier molecular flexibility index (Phi) is 3.42. The van der Waals surface area contributed by atoms with Crippen molar-refractivity contribution >= 4 is 56.0 Å². The maximum Gasteiger partial charge on any atom is 0.180 e. The quantitative estimate of drug-likeness (QED) is 0.720. The number of hydrogen-bond donors (Lipinski definition) is 1. The van der Waals surface area contributed by atoms with E-state index in [0.717, 1.165) is 16.7 Å². The SMILES string of the molecule is Br.Nc1nc(-c2cc3cc(Cl)ccc3o2)cs1. The highest BCUT2D eigenvalue weighted by atomic mass is 79.9. The summed E-state index contributed by atoms with van der Waals surface area (Å²) >= 11 is 7.30. The fraction of sp³-hybridized carbons (Fsp3) is 0. The Labute approximate surface area is 117 Å². The smallest absolute Gasteiger partial charge is 0.180 e. The normalized spacial score (nSPS) is 10.4. The van der Waals surface area contributed by atoms with Crippen molar-refractivity contribution in [2.24, 2.45) is 0 Å². The molecule has 0 spiro atoms. The summed E-state index contributed by atoms with van der Waals surface area (Å²) in [6.45, 7) is 0. The molecule has 2 heterocycles. The van der Waals surface area contributed by atoms with Gasteiger partial charge in [0.15, 0.2) is 10.9 Å². The summed E-state index contributed by atoms with van der Waals surface area (Å²) in [5.74, 6) is 0.713. The van der Waals surface area contributed by atoms with Crippen molar-refractivity contribution in [3.8, 4) is 11.5 Å². The molecule has 0 saturated carbocycles. The van der Waals surface area contributed by atoms with E-state index in [1.807, 2.05) is 23.6 Å². The van der Waals surface area contributed by atoms with E-state index in [0.29, 0.717) is 15.9 Å². The van der Waals surface area contributed by atoms with Crippen LogP contribution in [0.3, 0.4) is 0 Å². The molecule has 0 amide bonds. The first-order valence-electron chi connectivity index (χ1n) is 4.63. The van der Waals surface area contributed by atoms with Crippen LogP contribution in [0.5, 0.6) is 0 Å². The molecule has 1 aromatic carbocycles. The van der Waals surface area contributed by atoms with Crippen LogP contribution in [0.15, 0.2) is 34.1 Å². The molecular weight excluding hydrogens is 324 g/mol. The average molecular weight is 332 g/mol. The number of rotatable bonds is 1. The lowest BCUT2D eigenvalue weighted by atomic mass is 10.2. The second-order valence-electron chi connectivity index (χ2n) is 3.36. The van der Waals surface area contributed by atoms with Crippen molar-refractivity contribution < 1.29 is 4.42 Å². The number of nitrogens with two attached hydrogens (primary N) is 1. The van der Waals surface area contributed by atoms with Gasteiger partial charge in [-0.2, -0.15) is 0 Å². The van der Waals surface area contributed by atoms with Gasteiger partial charge in [-0.1, -0.05) is 11.6 Å². The number of benzene rings is 1. The first-order valence-corrected chi connectivity index (χ1v) is 5.88. The Morgan fingerprint density at radius 1 is 1.29 bits per heavy atom. The summed E-state index contributed by atoms with van der Waals surface area (Å²) in [7, 11) is 0. The van der Waals surface area contributed by atoms with Gasteiger partial charge in [0.05, 0.1) is 0 Å². The predicted molar refractivity (Wildman–Crippen MR) is 77.1 cm³/mol. The van der Waals surface area contributed by atoms with Gasteiger partial charge in [-0.3, -0.25) is 0 Å². The molecule has 0 aliphatic carbocycles. The zero-order valence-corrected chi connectivity index (χ0v) is 11.8. The molecule has 0 aliphatic rings. The van der Waals surface area contributed by atoms with Crippen molar-refractivity contribution in [3.63, 3.8) is 0 Å². The lowest BCUT2D eigenvalue weighted by Crippen LogP contribution is -1.81. The molecule has 3 rings (SSSR count). The van der Waals surface area contributed by atoms with Gasteiger partial charge in [-0.25, -0.2) is 4.98 Å². The summed E-state index contributed by atoms with van der Waals surface area (Å²) in [4.78, 5) is 4.17.